The van der Waals surface area contributed by atoms with Crippen LogP contribution in [0.5, 0.6) is 0 Å². The number of hydrogen-bond acceptors (Lipinski definition) is 3. The lowest BCUT2D eigenvalue weighted by Crippen LogP contribution is -2.48. The molecular weight excluding hydrogens is 180 g/mol. The second-order valence-electron chi connectivity index (χ2n) is 4.09. The number of amides is 1. The Labute approximate surface area is 85.6 Å². The molecule has 4 heteroatoms. The molecule has 14 heavy (non-hydrogen) atoms. The third-order valence-corrected chi connectivity index (χ3v) is 2.65. The van der Waals surface area contributed by atoms with Crippen LogP contribution in [0, 0.1) is 0 Å². The summed E-state index contributed by atoms with van der Waals surface area (Å²) in [5.74, 6) is 0.115. The molecule has 1 amide bonds. The zero-order valence-corrected chi connectivity index (χ0v) is 9.41. The molecular formula is C10H20N2O2. The maximum Gasteiger partial charge on any atom is 0.238 e. The van der Waals surface area contributed by atoms with Gasteiger partial charge < -0.3 is 15.0 Å². The van der Waals surface area contributed by atoms with E-state index in [-0.39, 0.29) is 18.1 Å². The molecule has 0 spiro atoms. The topological polar surface area (TPSA) is 41.6 Å². The van der Waals surface area contributed by atoms with Crippen molar-refractivity contribution in [3.63, 3.8) is 0 Å². The molecule has 0 saturated carbocycles. The molecule has 1 rings (SSSR count). The first-order chi connectivity index (χ1) is 6.52. The number of nitrogens with zero attached hydrogens (tertiary/aromatic N) is 1. The van der Waals surface area contributed by atoms with E-state index in [9.17, 15) is 4.79 Å². The lowest BCUT2D eigenvalue weighted by atomic mass is 10.1. The lowest BCUT2D eigenvalue weighted by Gasteiger charge is -2.23. The number of carbonyl (C=O) groups excluding carboxylic acids is 1. The summed E-state index contributed by atoms with van der Waals surface area (Å²) < 4.78 is 5.42. The smallest absolute Gasteiger partial charge is 0.238 e. The summed E-state index contributed by atoms with van der Waals surface area (Å²) >= 11 is 0. The van der Waals surface area contributed by atoms with Gasteiger partial charge in [-0.15, -0.1) is 0 Å². The second kappa shape index (κ2) is 4.75. The van der Waals surface area contributed by atoms with Crippen LogP contribution in [-0.2, 0) is 9.53 Å². The molecule has 0 aliphatic carbocycles. The van der Waals surface area contributed by atoms with Gasteiger partial charge in [0.1, 0.15) is 0 Å². The summed E-state index contributed by atoms with van der Waals surface area (Å²) in [6.45, 7) is 4.73. The van der Waals surface area contributed by atoms with Crippen LogP contribution in [-0.4, -0.2) is 49.7 Å². The third-order valence-electron chi connectivity index (χ3n) is 2.65. The fourth-order valence-electron chi connectivity index (χ4n) is 1.73. The van der Waals surface area contributed by atoms with Crippen molar-refractivity contribution in [3.8, 4) is 0 Å². The Kier molecular flexibility index (Phi) is 3.89. The van der Waals surface area contributed by atoms with Gasteiger partial charge in [0.25, 0.3) is 0 Å². The van der Waals surface area contributed by atoms with Gasteiger partial charge in [0.2, 0.25) is 5.91 Å². The molecule has 0 aromatic rings. The van der Waals surface area contributed by atoms with E-state index in [1.807, 2.05) is 13.8 Å². The largest absolute Gasteiger partial charge is 0.377 e. The highest BCUT2D eigenvalue weighted by atomic mass is 16.5. The summed E-state index contributed by atoms with van der Waals surface area (Å²) in [5.41, 5.74) is 0. The first-order valence-electron chi connectivity index (χ1n) is 5.11. The first kappa shape index (κ1) is 11.5. The Morgan fingerprint density at radius 1 is 1.57 bits per heavy atom. The number of likely N-dealkylation sites (N-methyl/N-ethyl adjacent to an activating group) is 1. The van der Waals surface area contributed by atoms with E-state index < -0.39 is 0 Å². The van der Waals surface area contributed by atoms with Crippen molar-refractivity contribution in [1.29, 1.82) is 0 Å². The van der Waals surface area contributed by atoms with Crippen LogP contribution < -0.4 is 5.32 Å². The standard InChI is InChI=1S/C10H20N2O2/c1-7(10(13)12(3)4)11-9-5-6-14-8(9)2/h7-9,11H,5-6H2,1-4H3/t7-,8?,9?/m1/s1. The normalized spacial score (nSPS) is 28.9. The Balaban J connectivity index is 2.39. The molecule has 1 aliphatic rings. The highest BCUT2D eigenvalue weighted by molar-refractivity contribution is 5.80. The van der Waals surface area contributed by atoms with E-state index in [4.69, 9.17) is 4.74 Å². The maximum absolute atomic E-state index is 11.6. The molecule has 3 atom stereocenters. The van der Waals surface area contributed by atoms with E-state index in [0.717, 1.165) is 13.0 Å². The van der Waals surface area contributed by atoms with Gasteiger partial charge >= 0.3 is 0 Å². The average molecular weight is 200 g/mol. The minimum absolute atomic E-state index is 0.115. The molecule has 1 heterocycles. The van der Waals surface area contributed by atoms with Crippen LogP contribution in [0.1, 0.15) is 20.3 Å². The number of carbonyl (C=O) groups is 1. The van der Waals surface area contributed by atoms with Gasteiger partial charge in [-0.25, -0.2) is 0 Å². The van der Waals surface area contributed by atoms with E-state index >= 15 is 0 Å². The number of nitrogens with one attached hydrogen (secondary N) is 1. The Morgan fingerprint density at radius 2 is 2.21 bits per heavy atom. The summed E-state index contributed by atoms with van der Waals surface area (Å²) in [6, 6.07) is 0.188. The average Bonchev–Trinajstić information content (AvgIpc) is 2.50. The molecule has 1 fully saturated rings. The SMILES string of the molecule is CC1OCCC1N[C@H](C)C(=O)N(C)C. The Hall–Kier alpha value is -0.610. The third kappa shape index (κ3) is 2.69. The van der Waals surface area contributed by atoms with Gasteiger partial charge in [0.05, 0.1) is 12.1 Å². The van der Waals surface area contributed by atoms with Crippen molar-refractivity contribution in [2.45, 2.75) is 38.5 Å². The van der Waals surface area contributed by atoms with Gasteiger partial charge in [-0.1, -0.05) is 0 Å². The van der Waals surface area contributed by atoms with Crippen LogP contribution in [0.4, 0.5) is 0 Å². The van der Waals surface area contributed by atoms with E-state index in [2.05, 4.69) is 5.32 Å². The molecule has 0 bridgehead atoms. The molecule has 0 radical (unpaired) electrons. The molecule has 1 saturated heterocycles. The van der Waals surface area contributed by atoms with E-state index in [0.29, 0.717) is 6.04 Å². The van der Waals surface area contributed by atoms with Gasteiger partial charge in [0.15, 0.2) is 0 Å². The minimum Gasteiger partial charge on any atom is -0.377 e. The summed E-state index contributed by atoms with van der Waals surface area (Å²) in [6.07, 6.45) is 1.21. The predicted octanol–water partition coefficient (Wildman–Crippen LogP) is 0.230. The zero-order chi connectivity index (χ0) is 10.7. The lowest BCUT2D eigenvalue weighted by molar-refractivity contribution is -0.130. The van der Waals surface area contributed by atoms with Crippen LogP contribution >= 0.6 is 0 Å². The molecule has 4 nitrogen and oxygen atoms in total. The van der Waals surface area contributed by atoms with E-state index in [1.165, 1.54) is 0 Å². The monoisotopic (exact) mass is 200 g/mol. The molecule has 0 aromatic carbocycles. The van der Waals surface area contributed by atoms with Crippen LogP contribution in [0.25, 0.3) is 0 Å². The summed E-state index contributed by atoms with van der Waals surface area (Å²) in [7, 11) is 3.55. The number of ether oxygens (including phenoxy) is 1. The van der Waals surface area contributed by atoms with Gasteiger partial charge in [-0.3, -0.25) is 4.79 Å². The maximum atomic E-state index is 11.6. The molecule has 82 valence electrons. The zero-order valence-electron chi connectivity index (χ0n) is 9.41. The fourth-order valence-corrected chi connectivity index (χ4v) is 1.73. The molecule has 1 aliphatic heterocycles. The fraction of sp³-hybridized carbons (Fsp3) is 0.900. The summed E-state index contributed by atoms with van der Waals surface area (Å²) in [5, 5.41) is 3.29. The van der Waals surface area contributed by atoms with Gasteiger partial charge in [-0.2, -0.15) is 0 Å². The van der Waals surface area contributed by atoms with Crippen molar-refractivity contribution < 1.29 is 9.53 Å². The highest BCUT2D eigenvalue weighted by Gasteiger charge is 2.27. The first-order valence-corrected chi connectivity index (χ1v) is 5.11. The Bertz CT molecular complexity index is 206. The molecule has 2 unspecified atom stereocenters. The highest BCUT2D eigenvalue weighted by Crippen LogP contribution is 2.13. The summed E-state index contributed by atoms with van der Waals surface area (Å²) in [4.78, 5) is 13.2. The predicted molar refractivity (Wildman–Crippen MR) is 55.1 cm³/mol. The number of hydrogen-bond donors (Lipinski definition) is 1. The second-order valence-corrected chi connectivity index (χ2v) is 4.09. The van der Waals surface area contributed by atoms with E-state index in [1.54, 1.807) is 19.0 Å². The number of rotatable bonds is 3. The van der Waals surface area contributed by atoms with Crippen molar-refractivity contribution in [2.24, 2.45) is 0 Å². The van der Waals surface area contributed by atoms with Crippen molar-refractivity contribution >= 4 is 5.91 Å². The van der Waals surface area contributed by atoms with Crippen LogP contribution in [0.3, 0.4) is 0 Å². The molecule has 1 N–H and O–H groups in total. The van der Waals surface area contributed by atoms with Gasteiger partial charge in [0, 0.05) is 26.7 Å². The van der Waals surface area contributed by atoms with Crippen molar-refractivity contribution in [3.05, 3.63) is 0 Å². The minimum atomic E-state index is -0.126. The van der Waals surface area contributed by atoms with Crippen molar-refractivity contribution in [1.82, 2.24) is 10.2 Å². The quantitative estimate of drug-likeness (QED) is 0.709. The molecule has 0 aromatic heterocycles. The van der Waals surface area contributed by atoms with Crippen LogP contribution in [0.2, 0.25) is 0 Å². The Morgan fingerprint density at radius 3 is 2.64 bits per heavy atom. The van der Waals surface area contributed by atoms with Crippen LogP contribution in [0.15, 0.2) is 0 Å². The van der Waals surface area contributed by atoms with Gasteiger partial charge in [-0.05, 0) is 20.3 Å². The van der Waals surface area contributed by atoms with Crippen molar-refractivity contribution in [2.75, 3.05) is 20.7 Å².